The van der Waals surface area contributed by atoms with E-state index in [0.29, 0.717) is 12.0 Å². The lowest BCUT2D eigenvalue weighted by Crippen LogP contribution is -2.36. The van der Waals surface area contributed by atoms with E-state index in [-0.39, 0.29) is 36.1 Å². The van der Waals surface area contributed by atoms with Gasteiger partial charge in [0.25, 0.3) is 0 Å². The Morgan fingerprint density at radius 3 is 2.20 bits per heavy atom. The molecule has 0 aliphatic carbocycles. The second-order valence-electron chi connectivity index (χ2n) is 8.72. The molecule has 1 aromatic heterocycles. The summed E-state index contributed by atoms with van der Waals surface area (Å²) in [7, 11) is 0. The summed E-state index contributed by atoms with van der Waals surface area (Å²) < 4.78 is 61.9. The first kappa shape index (κ1) is 30.3. The lowest BCUT2D eigenvalue weighted by atomic mass is 9.96. The second-order valence-corrected chi connectivity index (χ2v) is 8.72. The number of hydrogen-bond donors (Lipinski definition) is 2. The largest absolute Gasteiger partial charge is 0.482 e. The van der Waals surface area contributed by atoms with Crippen molar-refractivity contribution in [2.45, 2.75) is 77.6 Å². The molecule has 0 radical (unpaired) electrons. The molecular formula is C25H34F5N4O-. The molecule has 3 N–H and O–H groups in total. The molecule has 0 bridgehead atoms. The zero-order valence-electron chi connectivity index (χ0n) is 20.5. The molecule has 0 fully saturated rings. The predicted molar refractivity (Wildman–Crippen MR) is 127 cm³/mol. The van der Waals surface area contributed by atoms with Crippen LogP contribution in [0.25, 0.3) is 5.73 Å². The molecule has 0 saturated heterocycles. The zero-order valence-corrected chi connectivity index (χ0v) is 20.5. The second kappa shape index (κ2) is 14.6. The van der Waals surface area contributed by atoms with Gasteiger partial charge in [0.15, 0.2) is 0 Å². The quantitative estimate of drug-likeness (QED) is 0.360. The number of carbonyl (C=O) groups excluding carboxylic acids is 1. The van der Waals surface area contributed by atoms with Crippen LogP contribution in [-0.4, -0.2) is 35.7 Å². The highest BCUT2D eigenvalue weighted by Crippen LogP contribution is 2.22. The van der Waals surface area contributed by atoms with Gasteiger partial charge < -0.3 is 21.4 Å². The molecule has 2 aromatic rings. The normalized spacial score (nSPS) is 13.9. The van der Waals surface area contributed by atoms with Gasteiger partial charge in [-0.3, -0.25) is 4.79 Å². The van der Waals surface area contributed by atoms with Crippen molar-refractivity contribution in [2.75, 3.05) is 6.54 Å². The number of nitrogens with zero attached hydrogens (tertiary/aromatic N) is 1. The average molecular weight is 502 g/mol. The smallest absolute Gasteiger partial charge is 0.401 e. The van der Waals surface area contributed by atoms with Crippen LogP contribution in [0, 0.1) is 11.6 Å². The number of aromatic nitrogens is 1. The molecule has 1 aromatic carbocycles. The van der Waals surface area contributed by atoms with E-state index in [1.54, 1.807) is 25.3 Å². The Balaban J connectivity index is 0.000000351. The maximum Gasteiger partial charge on any atom is 0.401 e. The lowest BCUT2D eigenvalue weighted by Gasteiger charge is -2.20. The summed E-state index contributed by atoms with van der Waals surface area (Å²) in [6.07, 6.45) is -0.105. The van der Waals surface area contributed by atoms with E-state index >= 15 is 0 Å². The van der Waals surface area contributed by atoms with Crippen molar-refractivity contribution in [1.29, 1.82) is 0 Å². The van der Waals surface area contributed by atoms with E-state index in [2.05, 4.69) is 15.6 Å². The molecule has 1 heterocycles. The first-order chi connectivity index (χ1) is 16.3. The third kappa shape index (κ3) is 13.7. The van der Waals surface area contributed by atoms with E-state index < -0.39 is 24.4 Å². The fourth-order valence-corrected chi connectivity index (χ4v) is 3.47. The Hall–Kier alpha value is -2.75. The van der Waals surface area contributed by atoms with Crippen molar-refractivity contribution in [3.8, 4) is 0 Å². The number of benzene rings is 1. The van der Waals surface area contributed by atoms with E-state index in [4.69, 9.17) is 5.73 Å². The van der Waals surface area contributed by atoms with Gasteiger partial charge in [-0.15, -0.1) is 0 Å². The Bertz CT molecular complexity index is 885. The summed E-state index contributed by atoms with van der Waals surface area (Å²) in [5.74, 6) is -1.23. The summed E-state index contributed by atoms with van der Waals surface area (Å²) in [5.41, 5.74) is 8.55. The first-order valence-electron chi connectivity index (χ1n) is 11.5. The number of alkyl halides is 3. The van der Waals surface area contributed by atoms with Crippen LogP contribution in [0.2, 0.25) is 0 Å². The third-order valence-corrected chi connectivity index (χ3v) is 5.13. The van der Waals surface area contributed by atoms with Gasteiger partial charge in [-0.2, -0.15) is 13.2 Å². The molecule has 10 heteroatoms. The monoisotopic (exact) mass is 501 g/mol. The molecule has 5 nitrogen and oxygen atoms in total. The van der Waals surface area contributed by atoms with Gasteiger partial charge in [0.1, 0.15) is 11.6 Å². The van der Waals surface area contributed by atoms with Crippen LogP contribution in [0.15, 0.2) is 36.5 Å². The van der Waals surface area contributed by atoms with Crippen LogP contribution in [0.3, 0.4) is 0 Å². The summed E-state index contributed by atoms with van der Waals surface area (Å²) in [4.78, 5) is 15.4. The van der Waals surface area contributed by atoms with E-state index in [1.165, 1.54) is 12.1 Å². The highest BCUT2D eigenvalue weighted by molar-refractivity contribution is 5.78. The van der Waals surface area contributed by atoms with Crippen LogP contribution in [-0.2, 0) is 11.2 Å². The standard InChI is InChI=1S/C13H17F2NO.C12H17F3N3/c1-3-4-9(2)16-13(17)7-10-5-11(14)8-12(15)6-10;1-8(10-3-4-11(16)17-6-10)5-9(2)18-7-12(13,14)15/h5-6,8-9H,3-4,7H2,1-2H3,(H,16,17);3-4,6,8-9,18H,5,7H2,1-2H3,(H-,16,17)/q;-1. The molecule has 3 atom stereocenters. The molecule has 1 amide bonds. The minimum Gasteiger partial charge on any atom is -0.482 e. The first-order valence-corrected chi connectivity index (χ1v) is 11.5. The summed E-state index contributed by atoms with van der Waals surface area (Å²) >= 11 is 0. The number of halogens is 5. The Morgan fingerprint density at radius 2 is 1.69 bits per heavy atom. The molecule has 196 valence electrons. The molecule has 0 saturated carbocycles. The Kier molecular flexibility index (Phi) is 12.6. The number of amides is 1. The predicted octanol–water partition coefficient (Wildman–Crippen LogP) is 6.61. The van der Waals surface area contributed by atoms with E-state index in [9.17, 15) is 26.7 Å². The van der Waals surface area contributed by atoms with Crippen LogP contribution >= 0.6 is 0 Å². The van der Waals surface area contributed by atoms with Gasteiger partial charge in [0, 0.05) is 18.2 Å². The van der Waals surface area contributed by atoms with Crippen molar-refractivity contribution in [2.24, 2.45) is 0 Å². The number of hydrogen-bond acceptors (Lipinski definition) is 3. The van der Waals surface area contributed by atoms with Crippen LogP contribution < -0.4 is 10.6 Å². The van der Waals surface area contributed by atoms with E-state index in [1.807, 2.05) is 20.8 Å². The third-order valence-electron chi connectivity index (χ3n) is 5.13. The van der Waals surface area contributed by atoms with Gasteiger partial charge in [0.2, 0.25) is 5.91 Å². The highest BCUT2D eigenvalue weighted by Gasteiger charge is 2.27. The zero-order chi connectivity index (χ0) is 26.6. The fourth-order valence-electron chi connectivity index (χ4n) is 3.47. The SMILES string of the molecule is CC(CC(C)c1ccc([NH-])nc1)NCC(F)(F)F.CCCC(C)NC(=O)Cc1cc(F)cc(F)c1. The molecule has 0 aliphatic rings. The Labute approximate surface area is 203 Å². The molecular weight excluding hydrogens is 467 g/mol. The number of pyridine rings is 1. The Morgan fingerprint density at radius 1 is 1.06 bits per heavy atom. The van der Waals surface area contributed by atoms with Crippen molar-refractivity contribution in [3.05, 3.63) is 65.0 Å². The van der Waals surface area contributed by atoms with Gasteiger partial charge in [-0.05, 0) is 55.9 Å². The molecule has 2 rings (SSSR count). The number of rotatable bonds is 10. The van der Waals surface area contributed by atoms with Crippen LogP contribution in [0.1, 0.15) is 64.0 Å². The highest BCUT2D eigenvalue weighted by atomic mass is 19.4. The molecule has 3 unspecified atom stereocenters. The van der Waals surface area contributed by atoms with Gasteiger partial charge >= 0.3 is 6.18 Å². The molecule has 0 aliphatic heterocycles. The molecule has 0 spiro atoms. The van der Waals surface area contributed by atoms with Crippen LogP contribution in [0.4, 0.5) is 27.8 Å². The fraction of sp³-hybridized carbons (Fsp3) is 0.520. The topological polar surface area (TPSA) is 77.8 Å². The minimum absolute atomic E-state index is 0.00271. The van der Waals surface area contributed by atoms with Gasteiger partial charge in [-0.25, -0.2) is 8.78 Å². The van der Waals surface area contributed by atoms with Crippen molar-refractivity contribution >= 4 is 11.7 Å². The van der Waals surface area contributed by atoms with Gasteiger partial charge in [-0.1, -0.05) is 44.4 Å². The maximum atomic E-state index is 12.9. The van der Waals surface area contributed by atoms with E-state index in [0.717, 1.165) is 24.5 Å². The van der Waals surface area contributed by atoms with Crippen molar-refractivity contribution in [1.82, 2.24) is 15.6 Å². The average Bonchev–Trinajstić information content (AvgIpc) is 2.72. The summed E-state index contributed by atoms with van der Waals surface area (Å²) in [5, 5.41) is 5.24. The van der Waals surface area contributed by atoms with Crippen LogP contribution in [0.5, 0.6) is 0 Å². The van der Waals surface area contributed by atoms with Gasteiger partial charge in [0.05, 0.1) is 13.0 Å². The minimum atomic E-state index is -4.17. The summed E-state index contributed by atoms with van der Waals surface area (Å²) in [6, 6.07) is 6.38. The lowest BCUT2D eigenvalue weighted by molar-refractivity contribution is -0.126. The van der Waals surface area contributed by atoms with Crippen molar-refractivity contribution in [3.63, 3.8) is 0 Å². The number of nitrogens with one attached hydrogen (secondary N) is 3. The molecule has 35 heavy (non-hydrogen) atoms. The summed E-state index contributed by atoms with van der Waals surface area (Å²) in [6.45, 7) is 6.64. The number of carbonyl (C=O) groups is 1. The maximum absolute atomic E-state index is 12.9. The van der Waals surface area contributed by atoms with Crippen molar-refractivity contribution < 1.29 is 26.7 Å².